The lowest BCUT2D eigenvalue weighted by Crippen LogP contribution is -2.23. The van der Waals surface area contributed by atoms with E-state index in [2.05, 4.69) is 33.2 Å². The molecule has 0 aliphatic rings. The number of hydroxylamine groups is 1. The maximum atomic E-state index is 5.22. The minimum absolute atomic E-state index is 0.611. The van der Waals surface area contributed by atoms with Crippen molar-refractivity contribution in [3.8, 4) is 0 Å². The van der Waals surface area contributed by atoms with E-state index in [0.29, 0.717) is 11.8 Å². The van der Waals surface area contributed by atoms with Crippen molar-refractivity contribution in [1.29, 1.82) is 0 Å². The van der Waals surface area contributed by atoms with Crippen LogP contribution in [-0.2, 0) is 4.84 Å². The van der Waals surface area contributed by atoms with Crippen LogP contribution < -0.4 is 5.48 Å². The Kier molecular flexibility index (Phi) is 6.57. The van der Waals surface area contributed by atoms with Gasteiger partial charge in [-0.15, -0.1) is 0 Å². The molecule has 0 amide bonds. The molecule has 0 radical (unpaired) electrons. The lowest BCUT2D eigenvalue weighted by atomic mass is 10.1. The molecule has 0 aliphatic heterocycles. The van der Waals surface area contributed by atoms with Gasteiger partial charge in [-0.2, -0.15) is 0 Å². The van der Waals surface area contributed by atoms with E-state index in [0.717, 1.165) is 13.2 Å². The van der Waals surface area contributed by atoms with E-state index >= 15 is 0 Å². The number of nitrogens with one attached hydrogen (secondary N) is 1. The molecule has 0 aromatic heterocycles. The van der Waals surface area contributed by atoms with Crippen LogP contribution in [0, 0.1) is 11.8 Å². The Bertz CT molecular complexity index is 83.6. The number of hydrogen-bond donors (Lipinski definition) is 1. The molecular formula is C9H21NO. The van der Waals surface area contributed by atoms with Crippen LogP contribution in [0.25, 0.3) is 0 Å². The third kappa shape index (κ3) is 7.82. The molecule has 0 fully saturated rings. The summed E-state index contributed by atoms with van der Waals surface area (Å²) < 4.78 is 0. The molecule has 1 unspecified atom stereocenters. The molecule has 0 aromatic rings. The quantitative estimate of drug-likeness (QED) is 0.474. The highest BCUT2D eigenvalue weighted by molar-refractivity contribution is 4.48. The molecule has 2 heteroatoms. The van der Waals surface area contributed by atoms with Gasteiger partial charge >= 0.3 is 0 Å². The third-order valence-corrected chi connectivity index (χ3v) is 1.65. The summed E-state index contributed by atoms with van der Waals surface area (Å²) in [7, 11) is 0. The Morgan fingerprint density at radius 2 is 1.91 bits per heavy atom. The van der Waals surface area contributed by atoms with E-state index in [9.17, 15) is 0 Å². The Balaban J connectivity index is 3.01. The van der Waals surface area contributed by atoms with Gasteiger partial charge in [0, 0.05) is 6.54 Å². The van der Waals surface area contributed by atoms with Gasteiger partial charge in [0.1, 0.15) is 0 Å². The zero-order valence-electron chi connectivity index (χ0n) is 8.18. The Labute approximate surface area is 70.3 Å². The number of rotatable bonds is 6. The SMILES string of the molecule is CCC(C)CNOCC(C)C. The second-order valence-corrected chi connectivity index (χ2v) is 3.57. The first-order valence-electron chi connectivity index (χ1n) is 4.51. The summed E-state index contributed by atoms with van der Waals surface area (Å²) >= 11 is 0. The molecule has 1 N–H and O–H groups in total. The van der Waals surface area contributed by atoms with Crippen LogP contribution in [0.1, 0.15) is 34.1 Å². The van der Waals surface area contributed by atoms with Gasteiger partial charge in [-0.1, -0.05) is 34.1 Å². The third-order valence-electron chi connectivity index (χ3n) is 1.65. The van der Waals surface area contributed by atoms with Crippen molar-refractivity contribution in [1.82, 2.24) is 5.48 Å². The standard InChI is InChI=1S/C9H21NO/c1-5-9(4)6-10-11-7-8(2)3/h8-10H,5-7H2,1-4H3. The molecule has 0 aromatic carbocycles. The van der Waals surface area contributed by atoms with Crippen molar-refractivity contribution in [3.05, 3.63) is 0 Å². The Morgan fingerprint density at radius 3 is 2.36 bits per heavy atom. The highest BCUT2D eigenvalue weighted by Gasteiger charge is 1.97. The fourth-order valence-electron chi connectivity index (χ4n) is 0.571. The summed E-state index contributed by atoms with van der Waals surface area (Å²) in [6.45, 7) is 10.5. The summed E-state index contributed by atoms with van der Waals surface area (Å²) in [5, 5.41) is 0. The predicted molar refractivity (Wildman–Crippen MR) is 48.2 cm³/mol. The van der Waals surface area contributed by atoms with E-state index in [1.165, 1.54) is 6.42 Å². The Hall–Kier alpha value is -0.0800. The van der Waals surface area contributed by atoms with Crippen molar-refractivity contribution in [2.45, 2.75) is 34.1 Å². The molecule has 0 rings (SSSR count). The summed E-state index contributed by atoms with van der Waals surface area (Å²) in [4.78, 5) is 5.22. The van der Waals surface area contributed by atoms with Crippen molar-refractivity contribution >= 4 is 0 Å². The number of hydrogen-bond acceptors (Lipinski definition) is 2. The average molecular weight is 159 g/mol. The van der Waals surface area contributed by atoms with Crippen LogP contribution in [-0.4, -0.2) is 13.2 Å². The second kappa shape index (κ2) is 6.62. The lowest BCUT2D eigenvalue weighted by Gasteiger charge is -2.11. The van der Waals surface area contributed by atoms with Gasteiger partial charge in [0.25, 0.3) is 0 Å². The normalized spacial score (nSPS) is 13.9. The largest absolute Gasteiger partial charge is 0.302 e. The van der Waals surface area contributed by atoms with Crippen LogP contribution in [0.2, 0.25) is 0 Å². The summed E-state index contributed by atoms with van der Waals surface area (Å²) in [6.07, 6.45) is 1.21. The first-order valence-corrected chi connectivity index (χ1v) is 4.51. The van der Waals surface area contributed by atoms with E-state index in [1.807, 2.05) is 0 Å². The molecule has 0 heterocycles. The van der Waals surface area contributed by atoms with Gasteiger partial charge in [0.05, 0.1) is 6.61 Å². The molecule has 11 heavy (non-hydrogen) atoms. The lowest BCUT2D eigenvalue weighted by molar-refractivity contribution is 0.0170. The van der Waals surface area contributed by atoms with Gasteiger partial charge in [-0.3, -0.25) is 0 Å². The first-order chi connectivity index (χ1) is 5.16. The van der Waals surface area contributed by atoms with Gasteiger partial charge < -0.3 is 4.84 Å². The first kappa shape index (κ1) is 10.9. The van der Waals surface area contributed by atoms with Crippen molar-refractivity contribution in [2.75, 3.05) is 13.2 Å². The molecule has 0 bridgehead atoms. The monoisotopic (exact) mass is 159 g/mol. The summed E-state index contributed by atoms with van der Waals surface area (Å²) in [5.41, 5.74) is 2.97. The minimum atomic E-state index is 0.611. The maximum absolute atomic E-state index is 5.22. The highest BCUT2D eigenvalue weighted by Crippen LogP contribution is 1.97. The molecular weight excluding hydrogens is 138 g/mol. The maximum Gasteiger partial charge on any atom is 0.0705 e. The van der Waals surface area contributed by atoms with Gasteiger partial charge in [0.2, 0.25) is 0 Å². The fraction of sp³-hybridized carbons (Fsp3) is 1.00. The van der Waals surface area contributed by atoms with Crippen LogP contribution >= 0.6 is 0 Å². The Morgan fingerprint density at radius 1 is 1.27 bits per heavy atom. The van der Waals surface area contributed by atoms with E-state index in [4.69, 9.17) is 4.84 Å². The van der Waals surface area contributed by atoms with Gasteiger partial charge in [-0.25, -0.2) is 5.48 Å². The average Bonchev–Trinajstić information content (AvgIpc) is 1.97. The smallest absolute Gasteiger partial charge is 0.0705 e. The summed E-state index contributed by atoms with van der Waals surface area (Å²) in [6, 6.07) is 0. The minimum Gasteiger partial charge on any atom is -0.302 e. The summed E-state index contributed by atoms with van der Waals surface area (Å²) in [5.74, 6) is 1.32. The molecule has 0 saturated carbocycles. The van der Waals surface area contributed by atoms with Crippen LogP contribution in [0.3, 0.4) is 0 Å². The molecule has 68 valence electrons. The van der Waals surface area contributed by atoms with Crippen LogP contribution in [0.5, 0.6) is 0 Å². The molecule has 0 spiro atoms. The molecule has 1 atom stereocenters. The van der Waals surface area contributed by atoms with Crippen LogP contribution in [0.4, 0.5) is 0 Å². The van der Waals surface area contributed by atoms with Crippen molar-refractivity contribution < 1.29 is 4.84 Å². The van der Waals surface area contributed by atoms with Crippen LogP contribution in [0.15, 0.2) is 0 Å². The van der Waals surface area contributed by atoms with Crippen molar-refractivity contribution in [3.63, 3.8) is 0 Å². The van der Waals surface area contributed by atoms with E-state index < -0.39 is 0 Å². The fourth-order valence-corrected chi connectivity index (χ4v) is 0.571. The van der Waals surface area contributed by atoms with Gasteiger partial charge in [0.15, 0.2) is 0 Å². The van der Waals surface area contributed by atoms with Gasteiger partial charge in [-0.05, 0) is 11.8 Å². The zero-order valence-corrected chi connectivity index (χ0v) is 8.18. The van der Waals surface area contributed by atoms with Crippen molar-refractivity contribution in [2.24, 2.45) is 11.8 Å². The molecule has 0 saturated heterocycles. The second-order valence-electron chi connectivity index (χ2n) is 3.57. The molecule has 0 aliphatic carbocycles. The predicted octanol–water partition coefficient (Wildman–Crippen LogP) is 2.21. The zero-order chi connectivity index (χ0) is 8.69. The van der Waals surface area contributed by atoms with E-state index in [1.54, 1.807) is 0 Å². The van der Waals surface area contributed by atoms with E-state index in [-0.39, 0.29) is 0 Å². The topological polar surface area (TPSA) is 21.3 Å². The molecule has 2 nitrogen and oxygen atoms in total. The highest BCUT2D eigenvalue weighted by atomic mass is 16.6.